The summed E-state index contributed by atoms with van der Waals surface area (Å²) < 4.78 is 0. The van der Waals surface area contributed by atoms with Crippen LogP contribution in [0.5, 0.6) is 0 Å². The van der Waals surface area contributed by atoms with Gasteiger partial charge in [-0.3, -0.25) is 0 Å². The van der Waals surface area contributed by atoms with Gasteiger partial charge in [0, 0.05) is 18.4 Å². The number of hydrogen-bond donors (Lipinski definition) is 2. The molecule has 3 heteroatoms. The van der Waals surface area contributed by atoms with Gasteiger partial charge in [0.15, 0.2) is 0 Å². The van der Waals surface area contributed by atoms with E-state index >= 15 is 0 Å². The van der Waals surface area contributed by atoms with Crippen molar-refractivity contribution in [3.05, 3.63) is 36.2 Å². The van der Waals surface area contributed by atoms with E-state index in [9.17, 15) is 0 Å². The second-order valence-corrected chi connectivity index (χ2v) is 2.65. The van der Waals surface area contributed by atoms with Crippen molar-refractivity contribution in [2.45, 2.75) is 6.92 Å². The largest absolute Gasteiger partial charge is 0.343 e. The zero-order valence-corrected chi connectivity index (χ0v) is 7.17. The van der Waals surface area contributed by atoms with Crippen LogP contribution >= 0.6 is 0 Å². The molecule has 0 aliphatic carbocycles. The monoisotopic (exact) mass is 163 g/mol. The predicted molar refractivity (Wildman–Crippen MR) is 50.8 cm³/mol. The van der Waals surface area contributed by atoms with Crippen molar-refractivity contribution in [2.75, 3.05) is 11.9 Å². The lowest BCUT2D eigenvalue weighted by atomic mass is 10.3. The molecular weight excluding hydrogens is 150 g/mol. The molecule has 0 bridgehead atoms. The zero-order chi connectivity index (χ0) is 8.97. The van der Waals surface area contributed by atoms with Crippen molar-refractivity contribution in [3.8, 4) is 0 Å². The van der Waals surface area contributed by atoms with Gasteiger partial charge in [-0.25, -0.2) is 4.98 Å². The molecule has 0 saturated carbocycles. The maximum absolute atomic E-state index is 5.36. The highest BCUT2D eigenvalue weighted by Gasteiger charge is 1.93. The van der Waals surface area contributed by atoms with Crippen LogP contribution in [-0.4, -0.2) is 11.5 Å². The third-order valence-corrected chi connectivity index (χ3v) is 1.46. The lowest BCUT2D eigenvalue weighted by molar-refractivity contribution is 1.13. The molecule has 0 atom stereocenters. The van der Waals surface area contributed by atoms with E-state index in [1.54, 1.807) is 6.20 Å². The second-order valence-electron chi connectivity index (χ2n) is 2.65. The van der Waals surface area contributed by atoms with E-state index in [0.717, 1.165) is 17.1 Å². The van der Waals surface area contributed by atoms with E-state index in [-0.39, 0.29) is 0 Å². The average Bonchev–Trinajstić information content (AvgIpc) is 2.09. The number of nitrogens with one attached hydrogen (secondary N) is 1. The number of anilines is 1. The summed E-state index contributed by atoms with van der Waals surface area (Å²) in [5.41, 5.74) is 7.27. The van der Waals surface area contributed by atoms with E-state index in [2.05, 4.69) is 16.9 Å². The summed E-state index contributed by atoms with van der Waals surface area (Å²) in [5, 5.41) is 2.99. The topological polar surface area (TPSA) is 50.9 Å². The van der Waals surface area contributed by atoms with E-state index in [1.165, 1.54) is 0 Å². The summed E-state index contributed by atoms with van der Waals surface area (Å²) in [7, 11) is 0. The van der Waals surface area contributed by atoms with Crippen molar-refractivity contribution in [1.29, 1.82) is 0 Å². The first-order valence-corrected chi connectivity index (χ1v) is 3.80. The molecule has 0 aliphatic heterocycles. The minimum absolute atomic E-state index is 0.426. The van der Waals surface area contributed by atoms with Crippen molar-refractivity contribution < 1.29 is 0 Å². The van der Waals surface area contributed by atoms with Crippen LogP contribution in [0.2, 0.25) is 0 Å². The average molecular weight is 163 g/mol. The summed E-state index contributed by atoms with van der Waals surface area (Å²) in [5.74, 6) is 0.788. The molecule has 0 radical (unpaired) electrons. The molecule has 0 amide bonds. The highest BCUT2D eigenvalue weighted by Crippen LogP contribution is 2.05. The molecular formula is C9H13N3. The Labute approximate surface area is 72.3 Å². The van der Waals surface area contributed by atoms with Crippen LogP contribution in [0.15, 0.2) is 30.6 Å². The molecule has 64 valence electrons. The lowest BCUT2D eigenvalue weighted by Gasteiger charge is -2.05. The van der Waals surface area contributed by atoms with Gasteiger partial charge in [-0.1, -0.05) is 12.6 Å². The smallest absolute Gasteiger partial charge is 0.130 e. The number of aromatic nitrogens is 1. The predicted octanol–water partition coefficient (Wildman–Crippen LogP) is 1.27. The van der Waals surface area contributed by atoms with Gasteiger partial charge >= 0.3 is 0 Å². The van der Waals surface area contributed by atoms with Crippen LogP contribution in [0, 0.1) is 6.92 Å². The van der Waals surface area contributed by atoms with Gasteiger partial charge in [0.25, 0.3) is 0 Å². The Bertz CT molecular complexity index is 264. The Morgan fingerprint density at radius 2 is 2.42 bits per heavy atom. The SMILES string of the molecule is C=C(CN)Nc1ccc(C)cn1. The molecule has 1 aromatic rings. The molecule has 0 fully saturated rings. The molecule has 12 heavy (non-hydrogen) atoms. The third-order valence-electron chi connectivity index (χ3n) is 1.46. The highest BCUT2D eigenvalue weighted by molar-refractivity contribution is 5.41. The fraction of sp³-hybridized carbons (Fsp3) is 0.222. The molecule has 3 nitrogen and oxygen atoms in total. The lowest BCUT2D eigenvalue weighted by Crippen LogP contribution is -2.10. The summed E-state index contributed by atoms with van der Waals surface area (Å²) in [6.07, 6.45) is 1.80. The van der Waals surface area contributed by atoms with Crippen molar-refractivity contribution >= 4 is 5.82 Å². The summed E-state index contributed by atoms with van der Waals surface area (Å²) in [6, 6.07) is 3.88. The van der Waals surface area contributed by atoms with Crippen LogP contribution in [0.1, 0.15) is 5.56 Å². The minimum Gasteiger partial charge on any atom is -0.343 e. The van der Waals surface area contributed by atoms with Gasteiger partial charge in [0.2, 0.25) is 0 Å². The highest BCUT2D eigenvalue weighted by atomic mass is 15.0. The summed E-state index contributed by atoms with van der Waals surface area (Å²) in [4.78, 5) is 4.14. The number of nitrogens with zero attached hydrogens (tertiary/aromatic N) is 1. The molecule has 1 aromatic heterocycles. The van der Waals surface area contributed by atoms with Crippen LogP contribution in [0.25, 0.3) is 0 Å². The molecule has 1 rings (SSSR count). The first-order chi connectivity index (χ1) is 5.72. The number of nitrogens with two attached hydrogens (primary N) is 1. The van der Waals surface area contributed by atoms with Gasteiger partial charge < -0.3 is 11.1 Å². The Kier molecular flexibility index (Phi) is 2.82. The molecule has 0 spiro atoms. The van der Waals surface area contributed by atoms with E-state index < -0.39 is 0 Å². The van der Waals surface area contributed by atoms with Crippen LogP contribution in [-0.2, 0) is 0 Å². The number of hydrogen-bond acceptors (Lipinski definition) is 3. The van der Waals surface area contributed by atoms with Crippen LogP contribution < -0.4 is 11.1 Å². The molecule has 1 heterocycles. The molecule has 0 saturated heterocycles. The van der Waals surface area contributed by atoms with Gasteiger partial charge in [0.05, 0.1) is 0 Å². The summed E-state index contributed by atoms with van der Waals surface area (Å²) >= 11 is 0. The third kappa shape index (κ3) is 2.36. The molecule has 0 aromatic carbocycles. The van der Waals surface area contributed by atoms with E-state index in [4.69, 9.17) is 5.73 Å². The van der Waals surface area contributed by atoms with Crippen molar-refractivity contribution in [1.82, 2.24) is 4.98 Å². The number of pyridine rings is 1. The first kappa shape index (κ1) is 8.74. The van der Waals surface area contributed by atoms with E-state index in [1.807, 2.05) is 19.1 Å². The number of rotatable bonds is 3. The summed E-state index contributed by atoms with van der Waals surface area (Å²) in [6.45, 7) is 6.14. The molecule has 3 N–H and O–H groups in total. The normalized spacial score (nSPS) is 9.50. The molecule has 0 unspecified atom stereocenters. The maximum atomic E-state index is 5.36. The van der Waals surface area contributed by atoms with Gasteiger partial charge in [-0.15, -0.1) is 0 Å². The second kappa shape index (κ2) is 3.88. The van der Waals surface area contributed by atoms with E-state index in [0.29, 0.717) is 6.54 Å². The Morgan fingerprint density at radius 1 is 1.67 bits per heavy atom. The Hall–Kier alpha value is -1.35. The first-order valence-electron chi connectivity index (χ1n) is 3.80. The fourth-order valence-corrected chi connectivity index (χ4v) is 0.774. The number of aryl methyl sites for hydroxylation is 1. The fourth-order valence-electron chi connectivity index (χ4n) is 0.774. The maximum Gasteiger partial charge on any atom is 0.130 e. The Balaban J connectivity index is 2.64. The van der Waals surface area contributed by atoms with Crippen LogP contribution in [0.3, 0.4) is 0 Å². The van der Waals surface area contributed by atoms with Crippen molar-refractivity contribution in [3.63, 3.8) is 0 Å². The van der Waals surface area contributed by atoms with Gasteiger partial charge in [-0.05, 0) is 18.6 Å². The Morgan fingerprint density at radius 3 is 2.92 bits per heavy atom. The quantitative estimate of drug-likeness (QED) is 0.705. The van der Waals surface area contributed by atoms with Gasteiger partial charge in [-0.2, -0.15) is 0 Å². The molecule has 0 aliphatic rings. The van der Waals surface area contributed by atoms with Crippen molar-refractivity contribution in [2.24, 2.45) is 5.73 Å². The van der Waals surface area contributed by atoms with Crippen LogP contribution in [0.4, 0.5) is 5.82 Å². The minimum atomic E-state index is 0.426. The zero-order valence-electron chi connectivity index (χ0n) is 7.17. The standard InChI is InChI=1S/C9H13N3/c1-7-3-4-9(11-6-7)12-8(2)5-10/h3-4,6H,2,5,10H2,1H3,(H,11,12). The van der Waals surface area contributed by atoms with Gasteiger partial charge in [0.1, 0.15) is 5.82 Å².